The molecule has 0 radical (unpaired) electrons. The lowest BCUT2D eigenvalue weighted by molar-refractivity contribution is 0.0581. The first-order valence-electron chi connectivity index (χ1n) is 3.69. The van der Waals surface area contributed by atoms with Crippen LogP contribution >= 0.6 is 38.5 Å². The summed E-state index contributed by atoms with van der Waals surface area (Å²) >= 11 is 4.83. The highest BCUT2D eigenvalue weighted by molar-refractivity contribution is 14.1. The van der Waals surface area contributed by atoms with Crippen molar-refractivity contribution >= 4 is 44.5 Å². The van der Waals surface area contributed by atoms with Crippen molar-refractivity contribution in [2.45, 2.75) is 6.43 Å². The maximum absolute atomic E-state index is 12.7. The number of carbonyl (C=O) groups is 1. The Hall–Kier alpha value is -0.310. The lowest BCUT2D eigenvalue weighted by Crippen LogP contribution is -2.10. The molecule has 0 N–H and O–H groups in total. The van der Waals surface area contributed by atoms with Gasteiger partial charge >= 0.3 is 5.97 Å². The molecule has 82 valence electrons. The summed E-state index contributed by atoms with van der Waals surface area (Å²) in [6.07, 6.45) is -1.46. The largest absolute Gasteiger partial charge is 0.464 e. The number of methoxy groups -OCH3 is 1. The molecule has 1 rings (SSSR count). The minimum absolute atomic E-state index is 0.175. The highest BCUT2D eigenvalue weighted by Gasteiger charge is 2.24. The summed E-state index contributed by atoms with van der Waals surface area (Å²) in [5.41, 5.74) is -0.798. The monoisotopic (exact) mass is 391 g/mol. The van der Waals surface area contributed by atoms with Gasteiger partial charge < -0.3 is 4.74 Å². The Morgan fingerprint density at radius 3 is 2.73 bits per heavy atom. The summed E-state index contributed by atoms with van der Waals surface area (Å²) in [5, 5.41) is 0. The molecule has 0 atom stereocenters. The van der Waals surface area contributed by atoms with E-state index in [2.05, 4.69) is 25.7 Å². The van der Waals surface area contributed by atoms with Crippen LogP contribution in [0.25, 0.3) is 0 Å². The Morgan fingerprint density at radius 2 is 2.27 bits per heavy atom. The van der Waals surface area contributed by atoms with Crippen molar-refractivity contribution in [1.82, 2.24) is 4.98 Å². The van der Waals surface area contributed by atoms with E-state index in [1.165, 1.54) is 6.20 Å². The maximum atomic E-state index is 12.7. The van der Waals surface area contributed by atoms with Crippen LogP contribution in [0.5, 0.6) is 0 Å². The molecule has 0 aliphatic rings. The number of alkyl halides is 2. The van der Waals surface area contributed by atoms with Crippen molar-refractivity contribution in [3.63, 3.8) is 0 Å². The molecule has 0 unspecified atom stereocenters. The SMILES string of the molecule is COC(=O)c1ncc(I)c(Br)c1C(F)F. The molecule has 3 nitrogen and oxygen atoms in total. The predicted molar refractivity (Wildman–Crippen MR) is 61.0 cm³/mol. The molecule has 0 aromatic carbocycles. The third-order valence-corrected chi connectivity index (χ3v) is 4.02. The highest BCUT2D eigenvalue weighted by atomic mass is 127. The van der Waals surface area contributed by atoms with Gasteiger partial charge in [-0.3, -0.25) is 0 Å². The van der Waals surface area contributed by atoms with Crippen LogP contribution in [0.4, 0.5) is 8.78 Å². The summed E-state index contributed by atoms with van der Waals surface area (Å²) < 4.78 is 30.4. The minimum Gasteiger partial charge on any atom is -0.464 e. The Kier molecular flexibility index (Phi) is 4.38. The van der Waals surface area contributed by atoms with Crippen LogP contribution in [0.3, 0.4) is 0 Å². The molecule has 0 aliphatic carbocycles. The van der Waals surface area contributed by atoms with E-state index >= 15 is 0 Å². The normalized spacial score (nSPS) is 10.5. The van der Waals surface area contributed by atoms with Gasteiger partial charge in [-0.05, 0) is 38.5 Å². The van der Waals surface area contributed by atoms with Gasteiger partial charge in [-0.1, -0.05) is 0 Å². The fourth-order valence-electron chi connectivity index (χ4n) is 0.939. The van der Waals surface area contributed by atoms with E-state index in [1.807, 2.05) is 22.6 Å². The van der Waals surface area contributed by atoms with Gasteiger partial charge in [0, 0.05) is 14.2 Å². The zero-order valence-electron chi connectivity index (χ0n) is 7.43. The summed E-state index contributed by atoms with van der Waals surface area (Å²) in [5.74, 6) is -0.873. The number of hydrogen-bond acceptors (Lipinski definition) is 3. The number of nitrogens with zero attached hydrogens (tertiary/aromatic N) is 1. The molecule has 7 heteroatoms. The zero-order valence-corrected chi connectivity index (χ0v) is 11.2. The van der Waals surface area contributed by atoms with Gasteiger partial charge in [0.1, 0.15) is 0 Å². The molecule has 15 heavy (non-hydrogen) atoms. The van der Waals surface area contributed by atoms with Gasteiger partial charge in [-0.25, -0.2) is 18.6 Å². The standard InChI is InChI=1S/C8H5BrF2INO2/c1-15-8(14)6-4(7(10)11)5(9)3(12)2-13-6/h2,7H,1H3. The number of carbonyl (C=O) groups excluding carboxylic acids is 1. The van der Waals surface area contributed by atoms with E-state index < -0.39 is 18.0 Å². The Bertz CT molecular complexity index is 400. The summed E-state index contributed by atoms with van der Waals surface area (Å²) in [6.45, 7) is 0. The predicted octanol–water partition coefficient (Wildman–Crippen LogP) is 3.17. The van der Waals surface area contributed by atoms with Crippen molar-refractivity contribution < 1.29 is 18.3 Å². The van der Waals surface area contributed by atoms with Crippen molar-refractivity contribution in [3.8, 4) is 0 Å². The number of ether oxygens (including phenoxy) is 1. The van der Waals surface area contributed by atoms with Gasteiger partial charge in [0.2, 0.25) is 0 Å². The number of esters is 1. The molecule has 0 saturated heterocycles. The molecule has 1 aromatic rings. The van der Waals surface area contributed by atoms with Crippen molar-refractivity contribution in [3.05, 3.63) is 25.5 Å². The van der Waals surface area contributed by atoms with Gasteiger partial charge in [0.15, 0.2) is 5.69 Å². The van der Waals surface area contributed by atoms with Crippen LogP contribution in [-0.2, 0) is 4.74 Å². The van der Waals surface area contributed by atoms with Gasteiger partial charge in [0.25, 0.3) is 6.43 Å². The number of rotatable bonds is 2. The number of aromatic nitrogens is 1. The lowest BCUT2D eigenvalue weighted by Gasteiger charge is -2.09. The van der Waals surface area contributed by atoms with E-state index in [9.17, 15) is 13.6 Å². The molecule has 0 fully saturated rings. The average molecular weight is 392 g/mol. The first kappa shape index (κ1) is 12.8. The van der Waals surface area contributed by atoms with Crippen LogP contribution in [0, 0.1) is 3.57 Å². The fraction of sp³-hybridized carbons (Fsp3) is 0.250. The minimum atomic E-state index is -2.78. The Balaban J connectivity index is 3.40. The smallest absolute Gasteiger partial charge is 0.357 e. The summed E-state index contributed by atoms with van der Waals surface area (Å²) in [7, 11) is 1.12. The number of pyridine rings is 1. The Morgan fingerprint density at radius 1 is 1.67 bits per heavy atom. The van der Waals surface area contributed by atoms with Crippen molar-refractivity contribution in [2.75, 3.05) is 7.11 Å². The number of hydrogen-bond donors (Lipinski definition) is 0. The molecule has 1 aromatic heterocycles. The van der Waals surface area contributed by atoms with Crippen molar-refractivity contribution in [1.29, 1.82) is 0 Å². The van der Waals surface area contributed by atoms with E-state index in [1.54, 1.807) is 0 Å². The molecule has 0 aliphatic heterocycles. The molecular formula is C8H5BrF2INO2. The van der Waals surface area contributed by atoms with Crippen LogP contribution in [0.1, 0.15) is 22.5 Å². The first-order chi connectivity index (χ1) is 6.99. The van der Waals surface area contributed by atoms with E-state index in [-0.39, 0.29) is 10.2 Å². The maximum Gasteiger partial charge on any atom is 0.357 e. The van der Waals surface area contributed by atoms with E-state index in [4.69, 9.17) is 0 Å². The molecule has 0 amide bonds. The topological polar surface area (TPSA) is 39.2 Å². The highest BCUT2D eigenvalue weighted by Crippen LogP contribution is 2.32. The third kappa shape index (κ3) is 2.63. The van der Waals surface area contributed by atoms with Crippen LogP contribution in [0.15, 0.2) is 10.7 Å². The van der Waals surface area contributed by atoms with Crippen LogP contribution in [-0.4, -0.2) is 18.1 Å². The van der Waals surface area contributed by atoms with Crippen molar-refractivity contribution in [2.24, 2.45) is 0 Å². The summed E-state index contributed by atoms with van der Waals surface area (Å²) in [6, 6.07) is 0. The van der Waals surface area contributed by atoms with E-state index in [0.717, 1.165) is 7.11 Å². The second-order valence-corrected chi connectivity index (χ2v) is 4.43. The second kappa shape index (κ2) is 5.15. The first-order valence-corrected chi connectivity index (χ1v) is 5.56. The quantitative estimate of drug-likeness (QED) is 0.574. The van der Waals surface area contributed by atoms with Crippen LogP contribution < -0.4 is 0 Å². The Labute approximate surface area is 106 Å². The summed E-state index contributed by atoms with van der Waals surface area (Å²) in [4.78, 5) is 14.8. The van der Waals surface area contributed by atoms with Gasteiger partial charge in [-0.2, -0.15) is 0 Å². The average Bonchev–Trinajstić information content (AvgIpc) is 2.20. The molecule has 0 spiro atoms. The van der Waals surface area contributed by atoms with Crippen LogP contribution in [0.2, 0.25) is 0 Å². The number of halogens is 4. The van der Waals surface area contributed by atoms with E-state index in [0.29, 0.717) is 3.57 Å². The fourth-order valence-corrected chi connectivity index (χ4v) is 1.83. The zero-order chi connectivity index (χ0) is 11.6. The molecule has 0 saturated carbocycles. The van der Waals surface area contributed by atoms with Gasteiger partial charge in [0.05, 0.1) is 12.7 Å². The van der Waals surface area contributed by atoms with Gasteiger partial charge in [-0.15, -0.1) is 0 Å². The second-order valence-electron chi connectivity index (χ2n) is 2.47. The molecule has 1 heterocycles. The third-order valence-electron chi connectivity index (χ3n) is 1.61. The molecule has 0 bridgehead atoms. The lowest BCUT2D eigenvalue weighted by atomic mass is 10.2. The molecular weight excluding hydrogens is 387 g/mol.